The van der Waals surface area contributed by atoms with E-state index >= 15 is 0 Å². The molecular formula is C12H12F2O3. The predicted octanol–water partition coefficient (Wildman–Crippen LogP) is 2.13. The van der Waals surface area contributed by atoms with Crippen LogP contribution in [0.1, 0.15) is 11.5 Å². The van der Waals surface area contributed by atoms with Crippen molar-refractivity contribution >= 4 is 5.97 Å². The lowest BCUT2D eigenvalue weighted by atomic mass is 9.85. The first-order chi connectivity index (χ1) is 8.11. The quantitative estimate of drug-likeness (QED) is 0.883. The van der Waals surface area contributed by atoms with Crippen molar-refractivity contribution < 1.29 is 23.4 Å². The number of carboxylic acids is 1. The van der Waals surface area contributed by atoms with Gasteiger partial charge in [-0.2, -0.15) is 0 Å². The van der Waals surface area contributed by atoms with E-state index < -0.39 is 30.3 Å². The van der Waals surface area contributed by atoms with Gasteiger partial charge in [-0.25, -0.2) is 8.78 Å². The summed E-state index contributed by atoms with van der Waals surface area (Å²) < 4.78 is 30.2. The van der Waals surface area contributed by atoms with Crippen molar-refractivity contribution in [3.05, 3.63) is 35.9 Å². The first kappa shape index (κ1) is 12.0. The van der Waals surface area contributed by atoms with Crippen molar-refractivity contribution in [2.75, 3.05) is 6.61 Å². The van der Waals surface area contributed by atoms with Crippen LogP contribution in [0.15, 0.2) is 30.3 Å². The second kappa shape index (κ2) is 4.79. The maximum Gasteiger partial charge on any atom is 0.310 e. The summed E-state index contributed by atoms with van der Waals surface area (Å²) in [6.45, 7) is 0.0238. The molecule has 1 heterocycles. The van der Waals surface area contributed by atoms with E-state index in [0.29, 0.717) is 0 Å². The molecule has 0 radical (unpaired) electrons. The Kier molecular flexibility index (Phi) is 3.38. The summed E-state index contributed by atoms with van der Waals surface area (Å²) in [4.78, 5) is 11.1. The SMILES string of the molecule is O=C(O)C1C(c2ccccc2)COC1C(F)F. The predicted molar refractivity (Wildman–Crippen MR) is 56.1 cm³/mol. The fourth-order valence-corrected chi connectivity index (χ4v) is 2.20. The lowest BCUT2D eigenvalue weighted by Crippen LogP contribution is -2.32. The van der Waals surface area contributed by atoms with Crippen LogP contribution in [0.5, 0.6) is 0 Å². The third-order valence-electron chi connectivity index (χ3n) is 3.02. The highest BCUT2D eigenvalue weighted by Crippen LogP contribution is 2.37. The number of alkyl halides is 2. The fourth-order valence-electron chi connectivity index (χ4n) is 2.20. The van der Waals surface area contributed by atoms with Gasteiger partial charge in [-0.15, -0.1) is 0 Å². The molecule has 0 aromatic heterocycles. The topological polar surface area (TPSA) is 46.5 Å². The molecule has 0 saturated carbocycles. The van der Waals surface area contributed by atoms with Gasteiger partial charge >= 0.3 is 5.97 Å². The molecule has 0 amide bonds. The second-order valence-electron chi connectivity index (χ2n) is 4.01. The highest BCUT2D eigenvalue weighted by atomic mass is 19.3. The molecule has 0 spiro atoms. The van der Waals surface area contributed by atoms with Crippen molar-refractivity contribution in [3.63, 3.8) is 0 Å². The second-order valence-corrected chi connectivity index (χ2v) is 4.01. The Morgan fingerprint density at radius 2 is 2.00 bits per heavy atom. The van der Waals surface area contributed by atoms with Gasteiger partial charge in [0.1, 0.15) is 6.10 Å². The summed E-state index contributed by atoms with van der Waals surface area (Å²) in [7, 11) is 0. The molecule has 1 aliphatic heterocycles. The van der Waals surface area contributed by atoms with E-state index in [2.05, 4.69) is 0 Å². The maximum absolute atomic E-state index is 12.7. The summed E-state index contributed by atoms with van der Waals surface area (Å²) in [6.07, 6.45) is -4.29. The van der Waals surface area contributed by atoms with Gasteiger partial charge in [-0.3, -0.25) is 4.79 Å². The Morgan fingerprint density at radius 3 is 2.53 bits per heavy atom. The zero-order valence-electron chi connectivity index (χ0n) is 8.92. The molecule has 0 aliphatic carbocycles. The fraction of sp³-hybridized carbons (Fsp3) is 0.417. The van der Waals surface area contributed by atoms with E-state index in [1.165, 1.54) is 0 Å². The average molecular weight is 242 g/mol. The van der Waals surface area contributed by atoms with Gasteiger partial charge in [0.25, 0.3) is 6.43 Å². The van der Waals surface area contributed by atoms with Crippen LogP contribution in [0, 0.1) is 5.92 Å². The monoisotopic (exact) mass is 242 g/mol. The van der Waals surface area contributed by atoms with E-state index in [-0.39, 0.29) is 6.61 Å². The Morgan fingerprint density at radius 1 is 1.35 bits per heavy atom. The highest BCUT2D eigenvalue weighted by molar-refractivity contribution is 5.72. The minimum atomic E-state index is -2.77. The molecule has 1 aromatic rings. The van der Waals surface area contributed by atoms with Gasteiger partial charge in [-0.1, -0.05) is 30.3 Å². The molecule has 0 bridgehead atoms. The molecule has 17 heavy (non-hydrogen) atoms. The third kappa shape index (κ3) is 2.29. The summed E-state index contributed by atoms with van der Waals surface area (Å²) in [5, 5.41) is 9.05. The molecule has 3 atom stereocenters. The normalized spacial score (nSPS) is 28.5. The average Bonchev–Trinajstić information content (AvgIpc) is 2.74. The number of hydrogen-bond donors (Lipinski definition) is 1. The molecule has 3 nitrogen and oxygen atoms in total. The van der Waals surface area contributed by atoms with Gasteiger partial charge in [0.05, 0.1) is 12.5 Å². The van der Waals surface area contributed by atoms with E-state index in [1.807, 2.05) is 0 Å². The molecule has 5 heteroatoms. The largest absolute Gasteiger partial charge is 0.481 e. The summed E-state index contributed by atoms with van der Waals surface area (Å²) in [6, 6.07) is 8.77. The molecular weight excluding hydrogens is 230 g/mol. The Balaban J connectivity index is 2.27. The standard InChI is InChI=1S/C12H12F2O3/c13-11(14)10-9(12(15)16)8(6-17-10)7-4-2-1-3-5-7/h1-5,8-11H,6H2,(H,15,16). The number of hydrogen-bond acceptors (Lipinski definition) is 2. The highest BCUT2D eigenvalue weighted by Gasteiger charge is 2.47. The van der Waals surface area contributed by atoms with E-state index in [1.54, 1.807) is 30.3 Å². The molecule has 3 unspecified atom stereocenters. The van der Waals surface area contributed by atoms with Crippen LogP contribution in [-0.4, -0.2) is 30.2 Å². The number of ether oxygens (including phenoxy) is 1. The van der Waals surface area contributed by atoms with Crippen LogP contribution in [0.4, 0.5) is 8.78 Å². The Bertz CT molecular complexity index is 394. The maximum atomic E-state index is 12.7. The smallest absolute Gasteiger partial charge is 0.310 e. The number of halogens is 2. The van der Waals surface area contributed by atoms with Crippen molar-refractivity contribution in [2.45, 2.75) is 18.4 Å². The van der Waals surface area contributed by atoms with Crippen LogP contribution >= 0.6 is 0 Å². The minimum Gasteiger partial charge on any atom is -0.481 e. The van der Waals surface area contributed by atoms with E-state index in [4.69, 9.17) is 9.84 Å². The zero-order valence-corrected chi connectivity index (χ0v) is 8.92. The van der Waals surface area contributed by atoms with Gasteiger partial charge < -0.3 is 9.84 Å². The van der Waals surface area contributed by atoms with Crippen molar-refractivity contribution in [1.29, 1.82) is 0 Å². The molecule has 1 aromatic carbocycles. The third-order valence-corrected chi connectivity index (χ3v) is 3.02. The number of carbonyl (C=O) groups is 1. The molecule has 1 saturated heterocycles. The van der Waals surface area contributed by atoms with E-state index in [9.17, 15) is 13.6 Å². The lowest BCUT2D eigenvalue weighted by Gasteiger charge is -2.18. The number of rotatable bonds is 3. The van der Waals surface area contributed by atoms with Gasteiger partial charge in [0.2, 0.25) is 0 Å². The van der Waals surface area contributed by atoms with Crippen molar-refractivity contribution in [3.8, 4) is 0 Å². The molecule has 1 fully saturated rings. The number of benzene rings is 1. The summed E-state index contributed by atoms with van der Waals surface area (Å²) in [5.74, 6) is -2.92. The molecule has 1 N–H and O–H groups in total. The van der Waals surface area contributed by atoms with Crippen LogP contribution < -0.4 is 0 Å². The minimum absolute atomic E-state index is 0.0238. The first-order valence-corrected chi connectivity index (χ1v) is 5.28. The van der Waals surface area contributed by atoms with Gasteiger partial charge in [-0.05, 0) is 5.56 Å². The van der Waals surface area contributed by atoms with Crippen LogP contribution in [0.3, 0.4) is 0 Å². The van der Waals surface area contributed by atoms with E-state index in [0.717, 1.165) is 5.56 Å². The van der Waals surface area contributed by atoms with Gasteiger partial charge in [0.15, 0.2) is 0 Å². The lowest BCUT2D eigenvalue weighted by molar-refractivity contribution is -0.147. The summed E-state index contributed by atoms with van der Waals surface area (Å²) in [5.41, 5.74) is 0.725. The first-order valence-electron chi connectivity index (χ1n) is 5.28. The molecule has 1 aliphatic rings. The van der Waals surface area contributed by atoms with Crippen LogP contribution in [0.2, 0.25) is 0 Å². The number of carboxylic acid groups (broad SMARTS) is 1. The van der Waals surface area contributed by atoms with Crippen LogP contribution in [-0.2, 0) is 9.53 Å². The number of aliphatic carboxylic acids is 1. The van der Waals surface area contributed by atoms with Crippen molar-refractivity contribution in [2.24, 2.45) is 5.92 Å². The Labute approximate surface area is 97.0 Å². The van der Waals surface area contributed by atoms with Gasteiger partial charge in [0, 0.05) is 5.92 Å². The summed E-state index contributed by atoms with van der Waals surface area (Å²) >= 11 is 0. The van der Waals surface area contributed by atoms with Crippen molar-refractivity contribution in [1.82, 2.24) is 0 Å². The zero-order chi connectivity index (χ0) is 12.4. The molecule has 2 rings (SSSR count). The van der Waals surface area contributed by atoms with Crippen LogP contribution in [0.25, 0.3) is 0 Å². The Hall–Kier alpha value is -1.49. The molecule has 92 valence electrons.